The summed E-state index contributed by atoms with van der Waals surface area (Å²) in [5, 5.41) is 9.42. The predicted octanol–water partition coefficient (Wildman–Crippen LogP) is 6.69. The van der Waals surface area contributed by atoms with Crippen molar-refractivity contribution in [3.8, 4) is 0 Å². The van der Waals surface area contributed by atoms with Gasteiger partial charge in [-0.2, -0.15) is 5.10 Å². The molecule has 0 aliphatic carbocycles. The molecule has 8 heteroatoms. The van der Waals surface area contributed by atoms with Gasteiger partial charge in [-0.05, 0) is 64.3 Å². The average molecular weight is 519 g/mol. The van der Waals surface area contributed by atoms with Gasteiger partial charge in [-0.25, -0.2) is 4.79 Å². The maximum atomic E-state index is 12.8. The SMILES string of the molecule is CC/C=C(Sc1ccc(N(C)C(=O)C(C)(C)CC)cc1)/C(CC)=N\N(C)CCNC(=O)OC(C)(C)C. The number of thioether (sulfide) groups is 1. The van der Waals surface area contributed by atoms with Crippen molar-refractivity contribution in [2.45, 2.75) is 85.1 Å². The molecule has 0 bridgehead atoms. The molecule has 0 aliphatic rings. The van der Waals surface area contributed by atoms with Crippen LogP contribution in [-0.4, -0.2) is 55.5 Å². The minimum Gasteiger partial charge on any atom is -0.444 e. The van der Waals surface area contributed by atoms with Crippen LogP contribution in [-0.2, 0) is 9.53 Å². The summed E-state index contributed by atoms with van der Waals surface area (Å²) < 4.78 is 5.28. The lowest BCUT2D eigenvalue weighted by molar-refractivity contribution is -0.126. The number of hydrogen-bond donors (Lipinski definition) is 1. The molecule has 0 unspecified atom stereocenters. The molecule has 1 rings (SSSR count). The van der Waals surface area contributed by atoms with Gasteiger partial charge in [0.1, 0.15) is 5.60 Å². The number of amides is 2. The number of nitrogens with zero attached hydrogens (tertiary/aromatic N) is 3. The molecule has 1 aromatic carbocycles. The van der Waals surface area contributed by atoms with Crippen LogP contribution in [0.1, 0.15) is 74.7 Å². The molecular formula is C28H46N4O3S. The third-order valence-electron chi connectivity index (χ3n) is 5.62. The van der Waals surface area contributed by atoms with Crippen molar-refractivity contribution in [1.82, 2.24) is 10.3 Å². The molecule has 1 N–H and O–H groups in total. The molecule has 0 aromatic heterocycles. The number of allylic oxidation sites excluding steroid dienone is 2. The molecule has 0 atom stereocenters. The quantitative estimate of drug-likeness (QED) is 0.189. The Bertz CT molecular complexity index is 918. The second kappa shape index (κ2) is 14.3. The summed E-state index contributed by atoms with van der Waals surface area (Å²) in [6.07, 6.45) is 4.23. The number of hydrogen-bond acceptors (Lipinski definition) is 6. The summed E-state index contributed by atoms with van der Waals surface area (Å²) in [4.78, 5) is 28.6. The Balaban J connectivity index is 2.87. The van der Waals surface area contributed by atoms with Crippen LogP contribution in [0.4, 0.5) is 10.5 Å². The first-order valence-electron chi connectivity index (χ1n) is 12.8. The van der Waals surface area contributed by atoms with Gasteiger partial charge in [-0.1, -0.05) is 52.5 Å². The number of rotatable bonds is 12. The fourth-order valence-electron chi connectivity index (χ4n) is 3.18. The van der Waals surface area contributed by atoms with Crippen LogP contribution in [0.2, 0.25) is 0 Å². The summed E-state index contributed by atoms with van der Waals surface area (Å²) in [5.74, 6) is 0.113. The first kappa shape index (κ1) is 31.5. The second-order valence-corrected chi connectivity index (χ2v) is 11.5. The Morgan fingerprint density at radius 1 is 1.06 bits per heavy atom. The van der Waals surface area contributed by atoms with Gasteiger partial charge in [-0.15, -0.1) is 0 Å². The first-order chi connectivity index (χ1) is 16.7. The normalized spacial score (nSPS) is 12.8. The molecule has 36 heavy (non-hydrogen) atoms. The van der Waals surface area contributed by atoms with E-state index in [2.05, 4.69) is 25.2 Å². The predicted molar refractivity (Wildman–Crippen MR) is 153 cm³/mol. The van der Waals surface area contributed by atoms with Crippen LogP contribution in [0.25, 0.3) is 0 Å². The van der Waals surface area contributed by atoms with Gasteiger partial charge in [0.05, 0.1) is 12.3 Å². The topological polar surface area (TPSA) is 74.2 Å². The lowest BCUT2D eigenvalue weighted by Crippen LogP contribution is -2.38. The molecule has 0 aliphatic heterocycles. The molecule has 0 fully saturated rings. The zero-order valence-corrected chi connectivity index (χ0v) is 24.7. The highest BCUT2D eigenvalue weighted by atomic mass is 32.2. The Labute approximate surface area is 222 Å². The lowest BCUT2D eigenvalue weighted by Gasteiger charge is -2.28. The summed E-state index contributed by atoms with van der Waals surface area (Å²) in [5.41, 5.74) is 0.965. The molecule has 0 saturated carbocycles. The smallest absolute Gasteiger partial charge is 0.407 e. The number of anilines is 1. The van der Waals surface area contributed by atoms with E-state index >= 15 is 0 Å². The summed E-state index contributed by atoms with van der Waals surface area (Å²) in [6.45, 7) is 16.7. The fourth-order valence-corrected chi connectivity index (χ4v) is 4.25. The number of carbonyl (C=O) groups is 2. The molecule has 1 aromatic rings. The van der Waals surface area contributed by atoms with Gasteiger partial charge >= 0.3 is 6.09 Å². The van der Waals surface area contributed by atoms with Gasteiger partial charge in [0.2, 0.25) is 5.91 Å². The van der Waals surface area contributed by atoms with Crippen molar-refractivity contribution < 1.29 is 14.3 Å². The third kappa shape index (κ3) is 10.6. The number of nitrogens with one attached hydrogen (secondary N) is 1. The number of hydrazone groups is 1. The summed E-state index contributed by atoms with van der Waals surface area (Å²) in [7, 11) is 3.74. The van der Waals surface area contributed by atoms with Crippen LogP contribution >= 0.6 is 11.8 Å². The van der Waals surface area contributed by atoms with E-state index in [1.54, 1.807) is 16.7 Å². The van der Waals surface area contributed by atoms with E-state index in [0.29, 0.717) is 13.1 Å². The van der Waals surface area contributed by atoms with E-state index in [1.807, 2.05) is 84.9 Å². The standard InChI is InChI=1S/C28H46N4O3S/c1-11-14-24(23(12-2)30-31(9)20-19-29-26(34)35-27(4,5)6)36-22-17-15-21(16-18-22)32(10)25(33)28(7,8)13-3/h14-18H,11-13,19-20H2,1-10H3,(H,29,34)/b24-14-,30-23-. The zero-order chi connectivity index (χ0) is 27.5. The van der Waals surface area contributed by atoms with Crippen LogP contribution < -0.4 is 10.2 Å². The van der Waals surface area contributed by atoms with Crippen molar-refractivity contribution in [3.63, 3.8) is 0 Å². The number of ether oxygens (including phenoxy) is 1. The number of carbonyl (C=O) groups excluding carboxylic acids is 2. The molecule has 0 radical (unpaired) electrons. The minimum atomic E-state index is -0.518. The van der Waals surface area contributed by atoms with Gasteiger partial charge in [-0.3, -0.25) is 9.80 Å². The van der Waals surface area contributed by atoms with Gasteiger partial charge < -0.3 is 15.0 Å². The van der Waals surface area contributed by atoms with Crippen molar-refractivity contribution >= 4 is 35.2 Å². The highest BCUT2D eigenvalue weighted by Gasteiger charge is 2.29. The minimum absolute atomic E-state index is 0.113. The van der Waals surface area contributed by atoms with Crippen LogP contribution in [0.5, 0.6) is 0 Å². The van der Waals surface area contributed by atoms with Crippen molar-refractivity contribution in [2.75, 3.05) is 32.1 Å². The number of benzene rings is 1. The van der Waals surface area contributed by atoms with E-state index in [1.165, 1.54) is 0 Å². The first-order valence-corrected chi connectivity index (χ1v) is 13.6. The van der Waals surface area contributed by atoms with Crippen LogP contribution in [0, 0.1) is 5.41 Å². The third-order valence-corrected chi connectivity index (χ3v) is 6.75. The molecule has 0 saturated heterocycles. The lowest BCUT2D eigenvalue weighted by atomic mass is 9.88. The number of likely N-dealkylation sites (N-methyl/N-ethyl adjacent to an activating group) is 1. The molecule has 0 heterocycles. The Morgan fingerprint density at radius 3 is 2.17 bits per heavy atom. The van der Waals surface area contributed by atoms with Crippen molar-refractivity contribution in [1.29, 1.82) is 0 Å². The maximum Gasteiger partial charge on any atom is 0.407 e. The Kier molecular flexibility index (Phi) is 12.5. The van der Waals surface area contributed by atoms with E-state index in [0.717, 1.165) is 40.5 Å². The van der Waals surface area contributed by atoms with Crippen LogP contribution in [0.3, 0.4) is 0 Å². The Morgan fingerprint density at radius 2 is 1.67 bits per heavy atom. The van der Waals surface area contributed by atoms with E-state index in [4.69, 9.17) is 9.84 Å². The Hall–Kier alpha value is -2.48. The molecule has 2 amide bonds. The second-order valence-electron chi connectivity index (χ2n) is 10.4. The molecular weight excluding hydrogens is 472 g/mol. The highest BCUT2D eigenvalue weighted by Crippen LogP contribution is 2.32. The molecule has 202 valence electrons. The van der Waals surface area contributed by atoms with Gasteiger partial charge in [0.15, 0.2) is 0 Å². The monoisotopic (exact) mass is 518 g/mol. The maximum absolute atomic E-state index is 12.8. The fraction of sp³-hybridized carbons (Fsp3) is 0.607. The summed E-state index contributed by atoms with van der Waals surface area (Å²) in [6, 6.07) is 8.08. The molecule has 0 spiro atoms. The number of alkyl carbamates (subject to hydrolysis) is 1. The summed E-state index contributed by atoms with van der Waals surface area (Å²) >= 11 is 1.67. The van der Waals surface area contributed by atoms with E-state index < -0.39 is 11.7 Å². The van der Waals surface area contributed by atoms with E-state index in [-0.39, 0.29) is 11.3 Å². The zero-order valence-electron chi connectivity index (χ0n) is 23.9. The highest BCUT2D eigenvalue weighted by molar-refractivity contribution is 8.04. The average Bonchev–Trinajstić information content (AvgIpc) is 2.80. The molecule has 7 nitrogen and oxygen atoms in total. The van der Waals surface area contributed by atoms with Crippen LogP contribution in [0.15, 0.2) is 45.2 Å². The largest absolute Gasteiger partial charge is 0.444 e. The van der Waals surface area contributed by atoms with Gasteiger partial charge in [0, 0.05) is 41.5 Å². The van der Waals surface area contributed by atoms with E-state index in [9.17, 15) is 9.59 Å². The van der Waals surface area contributed by atoms with Gasteiger partial charge in [0.25, 0.3) is 0 Å². The van der Waals surface area contributed by atoms with Crippen molar-refractivity contribution in [3.05, 3.63) is 35.2 Å². The van der Waals surface area contributed by atoms with Crippen molar-refractivity contribution in [2.24, 2.45) is 10.5 Å².